The second-order valence-corrected chi connectivity index (χ2v) is 4.82. The van der Waals surface area contributed by atoms with Crippen molar-refractivity contribution in [3.8, 4) is 0 Å². The van der Waals surface area contributed by atoms with Crippen molar-refractivity contribution in [3.05, 3.63) is 28.8 Å². The minimum atomic E-state index is -4.25. The quantitative estimate of drug-likeness (QED) is 0.795. The molecular weight excluding hydrogens is 240 g/mol. The van der Waals surface area contributed by atoms with E-state index in [0.717, 1.165) is 0 Å². The van der Waals surface area contributed by atoms with Gasteiger partial charge in [0, 0.05) is 11.6 Å². The van der Waals surface area contributed by atoms with Crippen molar-refractivity contribution >= 4 is 21.7 Å². The van der Waals surface area contributed by atoms with E-state index in [9.17, 15) is 8.42 Å². The van der Waals surface area contributed by atoms with E-state index in [1.807, 2.05) is 0 Å². The SMILES string of the molecule is O=S(=O)(O)c1cccc(Cl)c1CCCO. The van der Waals surface area contributed by atoms with Crippen LogP contribution in [0.4, 0.5) is 0 Å². The Balaban J connectivity index is 3.21. The van der Waals surface area contributed by atoms with E-state index in [-0.39, 0.29) is 16.5 Å². The fraction of sp³-hybridized carbons (Fsp3) is 0.333. The second kappa shape index (κ2) is 4.94. The van der Waals surface area contributed by atoms with Gasteiger partial charge in [0.15, 0.2) is 0 Å². The maximum absolute atomic E-state index is 11.0. The van der Waals surface area contributed by atoms with Crippen LogP contribution in [0.1, 0.15) is 12.0 Å². The van der Waals surface area contributed by atoms with Crippen LogP contribution in [-0.4, -0.2) is 24.7 Å². The van der Waals surface area contributed by atoms with Gasteiger partial charge in [-0.25, -0.2) is 0 Å². The first-order valence-corrected chi connectivity index (χ1v) is 6.14. The number of aliphatic hydroxyl groups excluding tert-OH is 1. The molecule has 0 unspecified atom stereocenters. The molecule has 6 heteroatoms. The zero-order valence-electron chi connectivity index (χ0n) is 7.85. The number of hydrogen-bond donors (Lipinski definition) is 2. The van der Waals surface area contributed by atoms with E-state index in [0.29, 0.717) is 18.4 Å². The third kappa shape index (κ3) is 3.17. The van der Waals surface area contributed by atoms with Crippen LogP contribution in [0.2, 0.25) is 5.02 Å². The smallest absolute Gasteiger partial charge is 0.294 e. The highest BCUT2D eigenvalue weighted by atomic mass is 35.5. The summed E-state index contributed by atoms with van der Waals surface area (Å²) in [6, 6.07) is 4.28. The molecule has 0 aliphatic heterocycles. The molecule has 0 saturated carbocycles. The molecular formula is C9H11ClO4S. The fourth-order valence-corrected chi connectivity index (χ4v) is 2.38. The summed E-state index contributed by atoms with van der Waals surface area (Å²) < 4.78 is 31.0. The largest absolute Gasteiger partial charge is 0.396 e. The average Bonchev–Trinajstić information content (AvgIpc) is 2.14. The Labute approximate surface area is 93.3 Å². The van der Waals surface area contributed by atoms with Crippen LogP contribution in [0.3, 0.4) is 0 Å². The molecule has 0 heterocycles. The molecule has 0 atom stereocenters. The molecule has 0 fully saturated rings. The van der Waals surface area contributed by atoms with Gasteiger partial charge in [0.25, 0.3) is 10.1 Å². The lowest BCUT2D eigenvalue weighted by Crippen LogP contribution is -2.04. The summed E-state index contributed by atoms with van der Waals surface area (Å²) in [7, 11) is -4.25. The van der Waals surface area contributed by atoms with E-state index < -0.39 is 10.1 Å². The molecule has 1 rings (SSSR count). The lowest BCUT2D eigenvalue weighted by atomic mass is 10.1. The van der Waals surface area contributed by atoms with Gasteiger partial charge < -0.3 is 5.11 Å². The fourth-order valence-electron chi connectivity index (χ4n) is 1.28. The zero-order chi connectivity index (χ0) is 11.5. The van der Waals surface area contributed by atoms with Crippen LogP contribution in [0, 0.1) is 0 Å². The molecule has 0 amide bonds. The molecule has 0 saturated heterocycles. The first kappa shape index (κ1) is 12.4. The Bertz CT molecular complexity index is 441. The summed E-state index contributed by atoms with van der Waals surface area (Å²) in [5.41, 5.74) is 0.343. The first-order chi connectivity index (χ1) is 6.96. The van der Waals surface area contributed by atoms with Gasteiger partial charge in [-0.3, -0.25) is 4.55 Å². The standard InChI is InChI=1S/C9H11ClO4S/c10-8-4-1-5-9(15(12,13)14)7(8)3-2-6-11/h1,4-5,11H,2-3,6H2,(H,12,13,14). The van der Waals surface area contributed by atoms with Crippen molar-refractivity contribution in [1.29, 1.82) is 0 Å². The molecule has 2 N–H and O–H groups in total. The number of hydrogen-bond acceptors (Lipinski definition) is 3. The van der Waals surface area contributed by atoms with Crippen molar-refractivity contribution in [3.63, 3.8) is 0 Å². The van der Waals surface area contributed by atoms with Crippen LogP contribution in [-0.2, 0) is 16.5 Å². The maximum Gasteiger partial charge on any atom is 0.294 e. The normalized spacial score (nSPS) is 11.7. The Morgan fingerprint density at radius 1 is 1.33 bits per heavy atom. The number of benzene rings is 1. The topological polar surface area (TPSA) is 74.6 Å². The molecule has 0 radical (unpaired) electrons. The lowest BCUT2D eigenvalue weighted by molar-refractivity contribution is 0.288. The van der Waals surface area contributed by atoms with Gasteiger partial charge in [-0.05, 0) is 30.5 Å². The van der Waals surface area contributed by atoms with Crippen molar-refractivity contribution in [2.45, 2.75) is 17.7 Å². The van der Waals surface area contributed by atoms with Crippen LogP contribution < -0.4 is 0 Å². The van der Waals surface area contributed by atoms with E-state index in [4.69, 9.17) is 21.3 Å². The number of halogens is 1. The highest BCUT2D eigenvalue weighted by Crippen LogP contribution is 2.24. The van der Waals surface area contributed by atoms with Crippen LogP contribution in [0.5, 0.6) is 0 Å². The van der Waals surface area contributed by atoms with Gasteiger partial charge in [0.05, 0.1) is 4.90 Å². The van der Waals surface area contributed by atoms with Crippen LogP contribution in [0.25, 0.3) is 0 Å². The Kier molecular flexibility index (Phi) is 4.10. The summed E-state index contributed by atoms with van der Waals surface area (Å²) in [5, 5.41) is 8.93. The van der Waals surface area contributed by atoms with E-state index in [2.05, 4.69) is 0 Å². The maximum atomic E-state index is 11.0. The van der Waals surface area contributed by atoms with Crippen LogP contribution >= 0.6 is 11.6 Å². The van der Waals surface area contributed by atoms with Crippen molar-refractivity contribution in [1.82, 2.24) is 0 Å². The zero-order valence-corrected chi connectivity index (χ0v) is 9.42. The molecule has 0 bridgehead atoms. The predicted molar refractivity (Wildman–Crippen MR) is 56.7 cm³/mol. The van der Waals surface area contributed by atoms with Crippen molar-refractivity contribution in [2.75, 3.05) is 6.61 Å². The highest BCUT2D eigenvalue weighted by Gasteiger charge is 2.16. The van der Waals surface area contributed by atoms with Gasteiger partial charge in [0.2, 0.25) is 0 Å². The van der Waals surface area contributed by atoms with Gasteiger partial charge in [-0.15, -0.1) is 0 Å². The summed E-state index contributed by atoms with van der Waals surface area (Å²) in [4.78, 5) is -0.191. The molecule has 0 aliphatic rings. The van der Waals surface area contributed by atoms with Gasteiger partial charge in [-0.2, -0.15) is 8.42 Å². The van der Waals surface area contributed by atoms with Gasteiger partial charge in [-0.1, -0.05) is 17.7 Å². The Morgan fingerprint density at radius 3 is 2.53 bits per heavy atom. The minimum absolute atomic E-state index is 0.0594. The van der Waals surface area contributed by atoms with Crippen molar-refractivity contribution < 1.29 is 18.1 Å². The Hall–Kier alpha value is -0.620. The second-order valence-electron chi connectivity index (χ2n) is 3.02. The average molecular weight is 251 g/mol. The van der Waals surface area contributed by atoms with Crippen LogP contribution in [0.15, 0.2) is 23.1 Å². The lowest BCUT2D eigenvalue weighted by Gasteiger charge is -2.07. The molecule has 1 aromatic rings. The predicted octanol–water partition coefficient (Wildman–Crippen LogP) is 1.51. The first-order valence-electron chi connectivity index (χ1n) is 4.32. The molecule has 4 nitrogen and oxygen atoms in total. The number of aliphatic hydroxyl groups is 1. The van der Waals surface area contributed by atoms with E-state index in [1.165, 1.54) is 12.1 Å². The van der Waals surface area contributed by atoms with Gasteiger partial charge in [0.1, 0.15) is 0 Å². The van der Waals surface area contributed by atoms with Crippen molar-refractivity contribution in [2.24, 2.45) is 0 Å². The molecule has 0 spiro atoms. The molecule has 84 valence electrons. The summed E-state index contributed by atoms with van der Waals surface area (Å²) >= 11 is 5.81. The summed E-state index contributed by atoms with van der Waals surface area (Å²) in [6.45, 7) is -0.0594. The highest BCUT2D eigenvalue weighted by molar-refractivity contribution is 7.85. The third-order valence-electron chi connectivity index (χ3n) is 1.94. The molecule has 15 heavy (non-hydrogen) atoms. The monoisotopic (exact) mass is 250 g/mol. The van der Waals surface area contributed by atoms with Gasteiger partial charge >= 0.3 is 0 Å². The number of rotatable bonds is 4. The summed E-state index contributed by atoms with van der Waals surface area (Å²) in [5.74, 6) is 0. The molecule has 0 aromatic heterocycles. The Morgan fingerprint density at radius 2 is 2.00 bits per heavy atom. The third-order valence-corrected chi connectivity index (χ3v) is 3.23. The minimum Gasteiger partial charge on any atom is -0.396 e. The summed E-state index contributed by atoms with van der Waals surface area (Å²) in [6.07, 6.45) is 0.706. The molecule has 1 aromatic carbocycles. The van der Waals surface area contributed by atoms with E-state index >= 15 is 0 Å². The molecule has 0 aliphatic carbocycles. The van der Waals surface area contributed by atoms with E-state index in [1.54, 1.807) is 6.07 Å².